The highest BCUT2D eigenvalue weighted by Crippen LogP contribution is 2.30. The van der Waals surface area contributed by atoms with Gasteiger partial charge in [-0.25, -0.2) is 9.97 Å². The summed E-state index contributed by atoms with van der Waals surface area (Å²) in [5.41, 5.74) is 2.25. The van der Waals surface area contributed by atoms with E-state index in [4.69, 9.17) is 9.47 Å². The molecule has 1 aromatic carbocycles. The number of hydrogen-bond donors (Lipinski definition) is 0. The zero-order valence-electron chi connectivity index (χ0n) is 13.9. The van der Waals surface area contributed by atoms with E-state index < -0.39 is 12.0 Å². The van der Waals surface area contributed by atoms with Crippen LogP contribution in [-0.2, 0) is 25.7 Å². The molecule has 0 bridgehead atoms. The quantitative estimate of drug-likeness (QED) is 0.845. The highest BCUT2D eigenvalue weighted by Gasteiger charge is 2.35. The second-order valence-corrected chi connectivity index (χ2v) is 5.81. The summed E-state index contributed by atoms with van der Waals surface area (Å²) in [5, 5.41) is 0. The van der Waals surface area contributed by atoms with Crippen LogP contribution in [0, 0.1) is 0 Å². The monoisotopic (exact) mass is 353 g/mol. The molecule has 0 fully saturated rings. The van der Waals surface area contributed by atoms with Crippen LogP contribution in [0.1, 0.15) is 22.6 Å². The van der Waals surface area contributed by atoms with Crippen molar-refractivity contribution in [3.63, 3.8) is 0 Å². The summed E-state index contributed by atoms with van der Waals surface area (Å²) in [6, 6.07) is 5.68. The van der Waals surface area contributed by atoms with Gasteiger partial charge in [0.25, 0.3) is 0 Å². The molecule has 0 unspecified atom stereocenters. The Bertz CT molecular complexity index is 765. The number of benzene rings is 1. The molecule has 2 aromatic rings. The van der Waals surface area contributed by atoms with Gasteiger partial charge in [-0.3, -0.25) is 4.90 Å². The summed E-state index contributed by atoms with van der Waals surface area (Å²) < 4.78 is 48.6. The third-order valence-electron chi connectivity index (χ3n) is 4.12. The molecule has 5 nitrogen and oxygen atoms in total. The number of hydrogen-bond acceptors (Lipinski definition) is 5. The van der Waals surface area contributed by atoms with Gasteiger partial charge in [-0.05, 0) is 17.7 Å². The van der Waals surface area contributed by atoms with Crippen molar-refractivity contribution in [3.05, 3.63) is 47.0 Å². The van der Waals surface area contributed by atoms with Crippen molar-refractivity contribution >= 4 is 0 Å². The van der Waals surface area contributed by atoms with E-state index in [1.54, 1.807) is 14.2 Å². The van der Waals surface area contributed by atoms with Crippen LogP contribution in [0.5, 0.6) is 11.5 Å². The number of halogens is 3. The molecule has 25 heavy (non-hydrogen) atoms. The van der Waals surface area contributed by atoms with Crippen molar-refractivity contribution in [2.75, 3.05) is 20.8 Å². The molecule has 0 N–H and O–H groups in total. The highest BCUT2D eigenvalue weighted by atomic mass is 19.4. The highest BCUT2D eigenvalue weighted by molar-refractivity contribution is 5.42. The van der Waals surface area contributed by atoms with Gasteiger partial charge in [-0.2, -0.15) is 13.2 Å². The zero-order chi connectivity index (χ0) is 18.0. The van der Waals surface area contributed by atoms with Crippen LogP contribution in [0.2, 0.25) is 0 Å². The zero-order valence-corrected chi connectivity index (χ0v) is 13.9. The summed E-state index contributed by atoms with van der Waals surface area (Å²) in [5.74, 6) is 0.235. The van der Waals surface area contributed by atoms with Gasteiger partial charge in [0.1, 0.15) is 0 Å². The molecule has 1 aliphatic heterocycles. The molecular formula is C17H18F3N3O2. The molecule has 0 spiro atoms. The number of methoxy groups -OCH3 is 2. The van der Waals surface area contributed by atoms with Gasteiger partial charge in [-0.1, -0.05) is 6.07 Å². The van der Waals surface area contributed by atoms with Crippen LogP contribution in [0.4, 0.5) is 13.2 Å². The Morgan fingerprint density at radius 2 is 1.92 bits per heavy atom. The van der Waals surface area contributed by atoms with E-state index in [2.05, 4.69) is 14.9 Å². The third kappa shape index (κ3) is 3.84. The SMILES string of the molecule is COc1ccc(CN2CCc3nc(C(F)(F)F)ncc3C2)cc1OC. The van der Waals surface area contributed by atoms with Gasteiger partial charge in [-0.15, -0.1) is 0 Å². The van der Waals surface area contributed by atoms with Crippen LogP contribution in [0.3, 0.4) is 0 Å². The van der Waals surface area contributed by atoms with E-state index in [-0.39, 0.29) is 0 Å². The largest absolute Gasteiger partial charge is 0.493 e. The summed E-state index contributed by atoms with van der Waals surface area (Å²) >= 11 is 0. The maximum Gasteiger partial charge on any atom is 0.451 e. The van der Waals surface area contributed by atoms with Crippen molar-refractivity contribution < 1.29 is 22.6 Å². The van der Waals surface area contributed by atoms with Gasteiger partial charge in [0, 0.05) is 37.8 Å². The average molecular weight is 353 g/mol. The standard InChI is InChI=1S/C17H18F3N3O2/c1-24-14-4-3-11(7-15(14)25-2)9-23-6-5-13-12(10-23)8-21-16(22-13)17(18,19)20/h3-4,7-8H,5-6,9-10H2,1-2H3. The third-order valence-corrected chi connectivity index (χ3v) is 4.12. The number of alkyl halides is 3. The molecule has 8 heteroatoms. The summed E-state index contributed by atoms with van der Waals surface area (Å²) in [6.45, 7) is 1.80. The maximum absolute atomic E-state index is 12.7. The van der Waals surface area contributed by atoms with E-state index in [1.165, 1.54) is 6.20 Å². The predicted octanol–water partition coefficient (Wildman–Crippen LogP) is 3.07. The fourth-order valence-electron chi connectivity index (χ4n) is 2.88. The minimum absolute atomic E-state index is 0.466. The number of rotatable bonds is 4. The van der Waals surface area contributed by atoms with E-state index in [0.29, 0.717) is 43.2 Å². The van der Waals surface area contributed by atoms with Crippen molar-refractivity contribution in [2.24, 2.45) is 0 Å². The Balaban J connectivity index is 1.73. The normalized spacial score (nSPS) is 14.9. The fourth-order valence-corrected chi connectivity index (χ4v) is 2.88. The molecule has 0 saturated heterocycles. The van der Waals surface area contributed by atoms with Crippen LogP contribution in [-0.4, -0.2) is 35.6 Å². The lowest BCUT2D eigenvalue weighted by molar-refractivity contribution is -0.145. The van der Waals surface area contributed by atoms with Gasteiger partial charge in [0.05, 0.1) is 19.9 Å². The lowest BCUT2D eigenvalue weighted by Gasteiger charge is -2.28. The minimum atomic E-state index is -4.51. The van der Waals surface area contributed by atoms with Crippen LogP contribution < -0.4 is 9.47 Å². The molecule has 3 rings (SSSR count). The Morgan fingerprint density at radius 1 is 1.16 bits per heavy atom. The Kier molecular flexibility index (Phi) is 4.80. The van der Waals surface area contributed by atoms with Crippen molar-refractivity contribution in [3.8, 4) is 11.5 Å². The number of ether oxygens (including phenoxy) is 2. The number of aromatic nitrogens is 2. The lowest BCUT2D eigenvalue weighted by Crippen LogP contribution is -2.31. The van der Waals surface area contributed by atoms with E-state index in [9.17, 15) is 13.2 Å². The maximum atomic E-state index is 12.7. The Morgan fingerprint density at radius 3 is 2.60 bits per heavy atom. The first-order valence-corrected chi connectivity index (χ1v) is 7.76. The summed E-state index contributed by atoms with van der Waals surface area (Å²) in [7, 11) is 3.16. The molecule has 0 atom stereocenters. The fraction of sp³-hybridized carbons (Fsp3) is 0.412. The number of fused-ring (bicyclic) bond motifs is 1. The molecule has 0 amide bonds. The molecule has 0 aliphatic carbocycles. The first-order chi connectivity index (χ1) is 11.9. The smallest absolute Gasteiger partial charge is 0.451 e. The van der Waals surface area contributed by atoms with E-state index in [1.807, 2.05) is 18.2 Å². The van der Waals surface area contributed by atoms with Crippen molar-refractivity contribution in [2.45, 2.75) is 25.7 Å². The molecule has 0 radical (unpaired) electrons. The van der Waals surface area contributed by atoms with E-state index >= 15 is 0 Å². The second-order valence-electron chi connectivity index (χ2n) is 5.81. The van der Waals surface area contributed by atoms with Gasteiger partial charge in [0.15, 0.2) is 11.5 Å². The Labute approximate surface area is 143 Å². The molecule has 134 valence electrons. The minimum Gasteiger partial charge on any atom is -0.493 e. The lowest BCUT2D eigenvalue weighted by atomic mass is 10.1. The first kappa shape index (κ1) is 17.5. The van der Waals surface area contributed by atoms with Crippen LogP contribution in [0.15, 0.2) is 24.4 Å². The summed E-state index contributed by atoms with van der Waals surface area (Å²) in [4.78, 5) is 9.27. The van der Waals surface area contributed by atoms with E-state index in [0.717, 1.165) is 11.1 Å². The molecule has 0 saturated carbocycles. The molecule has 1 aromatic heterocycles. The van der Waals surface area contributed by atoms with Crippen molar-refractivity contribution in [1.29, 1.82) is 0 Å². The summed E-state index contributed by atoms with van der Waals surface area (Å²) in [6.07, 6.45) is -2.76. The predicted molar refractivity (Wildman–Crippen MR) is 84.4 cm³/mol. The Hall–Kier alpha value is -2.35. The molecule has 2 heterocycles. The van der Waals surface area contributed by atoms with Crippen molar-refractivity contribution in [1.82, 2.24) is 14.9 Å². The first-order valence-electron chi connectivity index (χ1n) is 7.76. The second kappa shape index (κ2) is 6.87. The molecular weight excluding hydrogens is 335 g/mol. The number of nitrogens with zero attached hydrogens (tertiary/aromatic N) is 3. The van der Waals surface area contributed by atoms with Gasteiger partial charge >= 0.3 is 6.18 Å². The van der Waals surface area contributed by atoms with Gasteiger partial charge < -0.3 is 9.47 Å². The van der Waals surface area contributed by atoms with Crippen LogP contribution in [0.25, 0.3) is 0 Å². The molecule has 1 aliphatic rings. The average Bonchev–Trinajstić information content (AvgIpc) is 2.60. The van der Waals surface area contributed by atoms with Gasteiger partial charge in [0.2, 0.25) is 5.82 Å². The topological polar surface area (TPSA) is 47.5 Å². The van der Waals surface area contributed by atoms with Crippen LogP contribution >= 0.6 is 0 Å².